The number of benzene rings is 1. The zero-order valence-corrected chi connectivity index (χ0v) is 15.5. The molecule has 0 aliphatic carbocycles. The summed E-state index contributed by atoms with van der Waals surface area (Å²) in [5.41, 5.74) is 1.23. The Morgan fingerprint density at radius 2 is 2.00 bits per heavy atom. The van der Waals surface area contributed by atoms with E-state index in [4.69, 9.17) is 4.74 Å². The van der Waals surface area contributed by atoms with Gasteiger partial charge < -0.3 is 4.74 Å². The first kappa shape index (κ1) is 17.8. The van der Waals surface area contributed by atoms with E-state index in [-0.39, 0.29) is 22.4 Å². The van der Waals surface area contributed by atoms with Gasteiger partial charge in [0.2, 0.25) is 10.0 Å². The minimum atomic E-state index is -3.63. The molecule has 0 saturated carbocycles. The van der Waals surface area contributed by atoms with Crippen molar-refractivity contribution < 1.29 is 21.6 Å². The first-order valence-corrected chi connectivity index (χ1v) is 11.4. The fraction of sp³-hybridized carbons (Fsp3) is 0.625. The molecule has 2 aliphatic rings. The Kier molecular flexibility index (Phi) is 4.53. The highest BCUT2D eigenvalue weighted by molar-refractivity contribution is 7.91. The molecule has 6 nitrogen and oxygen atoms in total. The van der Waals surface area contributed by atoms with Gasteiger partial charge >= 0.3 is 0 Å². The minimum absolute atomic E-state index is 0.0120. The molecule has 24 heavy (non-hydrogen) atoms. The number of sulfonamides is 1. The molecule has 8 heteroatoms. The number of sulfone groups is 1. The third kappa shape index (κ3) is 3.66. The van der Waals surface area contributed by atoms with E-state index >= 15 is 0 Å². The zero-order valence-electron chi connectivity index (χ0n) is 13.9. The quantitative estimate of drug-likeness (QED) is 0.863. The fourth-order valence-electron chi connectivity index (χ4n) is 3.46. The number of hydrogen-bond acceptors (Lipinski definition) is 5. The highest BCUT2D eigenvalue weighted by atomic mass is 32.2. The van der Waals surface area contributed by atoms with E-state index in [0.717, 1.165) is 11.1 Å². The molecular formula is C16H23NO5S2. The maximum atomic E-state index is 12.6. The van der Waals surface area contributed by atoms with Crippen molar-refractivity contribution in [1.29, 1.82) is 0 Å². The molecule has 2 heterocycles. The Bertz CT molecular complexity index is 847. The molecule has 0 amide bonds. The van der Waals surface area contributed by atoms with E-state index in [0.29, 0.717) is 25.9 Å². The second-order valence-corrected chi connectivity index (χ2v) is 10.8. The molecule has 2 fully saturated rings. The van der Waals surface area contributed by atoms with Crippen LogP contribution in [0.1, 0.15) is 30.4 Å². The highest BCUT2D eigenvalue weighted by Crippen LogP contribution is 2.36. The highest BCUT2D eigenvalue weighted by Gasteiger charge is 2.47. The maximum absolute atomic E-state index is 12.6. The summed E-state index contributed by atoms with van der Waals surface area (Å²) >= 11 is 0. The molecule has 134 valence electrons. The SMILES string of the molecule is Cc1ccc(S(=O)(=O)N[C@@H]2CCO[C@]3(CCS(=O)(=O)C3)C2)cc1C. The number of hydrogen-bond donors (Lipinski definition) is 1. The summed E-state index contributed by atoms with van der Waals surface area (Å²) in [5.74, 6) is 0.103. The van der Waals surface area contributed by atoms with Gasteiger partial charge in [-0.05, 0) is 56.4 Å². The molecule has 1 aromatic carbocycles. The van der Waals surface area contributed by atoms with Gasteiger partial charge in [0.25, 0.3) is 0 Å². The van der Waals surface area contributed by atoms with Gasteiger partial charge in [-0.2, -0.15) is 0 Å². The summed E-state index contributed by atoms with van der Waals surface area (Å²) in [5, 5.41) is 0. The Morgan fingerprint density at radius 3 is 2.62 bits per heavy atom. The van der Waals surface area contributed by atoms with E-state index in [9.17, 15) is 16.8 Å². The van der Waals surface area contributed by atoms with Crippen molar-refractivity contribution in [2.75, 3.05) is 18.1 Å². The van der Waals surface area contributed by atoms with Gasteiger partial charge in [0.15, 0.2) is 9.84 Å². The molecule has 3 rings (SSSR count). The van der Waals surface area contributed by atoms with E-state index in [1.807, 2.05) is 13.8 Å². The van der Waals surface area contributed by atoms with Crippen LogP contribution in [-0.4, -0.2) is 46.6 Å². The standard InChI is InChI=1S/C16H23NO5S2/c1-12-3-4-15(9-13(12)2)24(20,21)17-14-5-7-22-16(10-14)6-8-23(18,19)11-16/h3-4,9,14,17H,5-8,10-11H2,1-2H3/t14-,16-/m1/s1. The van der Waals surface area contributed by atoms with E-state index in [1.54, 1.807) is 18.2 Å². The van der Waals surface area contributed by atoms with Gasteiger partial charge in [0.05, 0.1) is 22.0 Å². The van der Waals surface area contributed by atoms with Crippen molar-refractivity contribution in [2.24, 2.45) is 0 Å². The third-order valence-electron chi connectivity index (χ3n) is 4.96. The van der Waals surface area contributed by atoms with Crippen LogP contribution < -0.4 is 4.72 Å². The van der Waals surface area contributed by atoms with Gasteiger partial charge in [-0.15, -0.1) is 0 Å². The fourth-order valence-corrected chi connectivity index (χ4v) is 6.79. The third-order valence-corrected chi connectivity index (χ3v) is 8.27. The van der Waals surface area contributed by atoms with Gasteiger partial charge in [-0.3, -0.25) is 0 Å². The van der Waals surface area contributed by atoms with Crippen LogP contribution in [0.5, 0.6) is 0 Å². The van der Waals surface area contributed by atoms with E-state index in [1.165, 1.54) is 0 Å². The van der Waals surface area contributed by atoms with Crippen LogP contribution in [0.3, 0.4) is 0 Å². The Balaban J connectivity index is 1.76. The molecule has 0 unspecified atom stereocenters. The predicted molar refractivity (Wildman–Crippen MR) is 91.2 cm³/mol. The van der Waals surface area contributed by atoms with Crippen molar-refractivity contribution >= 4 is 19.9 Å². The van der Waals surface area contributed by atoms with Crippen molar-refractivity contribution in [2.45, 2.75) is 49.6 Å². The summed E-state index contributed by atoms with van der Waals surface area (Å²) in [6.45, 7) is 4.18. The molecule has 0 aromatic heterocycles. The second-order valence-electron chi connectivity index (χ2n) is 6.93. The topological polar surface area (TPSA) is 89.5 Å². The Morgan fingerprint density at radius 1 is 1.25 bits per heavy atom. The van der Waals surface area contributed by atoms with Crippen molar-refractivity contribution in [3.63, 3.8) is 0 Å². The van der Waals surface area contributed by atoms with Gasteiger partial charge in [0, 0.05) is 12.6 Å². The summed E-state index contributed by atoms with van der Waals surface area (Å²) in [7, 11) is -6.72. The van der Waals surface area contributed by atoms with Crippen LogP contribution in [0.2, 0.25) is 0 Å². The van der Waals surface area contributed by atoms with Crippen LogP contribution in [0.25, 0.3) is 0 Å². The first-order chi connectivity index (χ1) is 11.1. The maximum Gasteiger partial charge on any atom is 0.240 e. The molecule has 0 radical (unpaired) electrons. The zero-order chi connectivity index (χ0) is 17.6. The molecular weight excluding hydrogens is 350 g/mol. The van der Waals surface area contributed by atoms with Crippen molar-refractivity contribution in [1.82, 2.24) is 4.72 Å². The molecule has 2 atom stereocenters. The second kappa shape index (κ2) is 6.09. The van der Waals surface area contributed by atoms with Crippen LogP contribution in [0.15, 0.2) is 23.1 Å². The van der Waals surface area contributed by atoms with Crippen LogP contribution in [-0.2, 0) is 24.6 Å². The number of rotatable bonds is 3. The average Bonchev–Trinajstić information content (AvgIpc) is 2.76. The van der Waals surface area contributed by atoms with Crippen LogP contribution >= 0.6 is 0 Å². The summed E-state index contributed by atoms with van der Waals surface area (Å²) in [6.07, 6.45) is 1.39. The molecule has 2 aliphatic heterocycles. The molecule has 1 spiro atoms. The molecule has 1 aromatic rings. The number of aryl methyl sites for hydroxylation is 2. The van der Waals surface area contributed by atoms with Crippen molar-refractivity contribution in [3.8, 4) is 0 Å². The monoisotopic (exact) mass is 373 g/mol. The van der Waals surface area contributed by atoms with Gasteiger partial charge in [0.1, 0.15) is 0 Å². The Hall–Kier alpha value is -0.960. The lowest BCUT2D eigenvalue weighted by Gasteiger charge is -2.37. The lowest BCUT2D eigenvalue weighted by atomic mass is 9.90. The van der Waals surface area contributed by atoms with Crippen LogP contribution in [0.4, 0.5) is 0 Å². The number of nitrogens with one attached hydrogen (secondary N) is 1. The smallest absolute Gasteiger partial charge is 0.240 e. The van der Waals surface area contributed by atoms with E-state index < -0.39 is 25.5 Å². The predicted octanol–water partition coefficient (Wildman–Crippen LogP) is 1.32. The largest absolute Gasteiger partial charge is 0.374 e. The van der Waals surface area contributed by atoms with E-state index in [2.05, 4.69) is 4.72 Å². The van der Waals surface area contributed by atoms with Crippen molar-refractivity contribution in [3.05, 3.63) is 29.3 Å². The van der Waals surface area contributed by atoms with Gasteiger partial charge in [-0.1, -0.05) is 6.07 Å². The molecule has 2 saturated heterocycles. The lowest BCUT2D eigenvalue weighted by Crippen LogP contribution is -2.49. The lowest BCUT2D eigenvalue weighted by molar-refractivity contribution is -0.0675. The normalized spacial score (nSPS) is 29.8. The molecule has 1 N–H and O–H groups in total. The molecule has 0 bridgehead atoms. The Labute approximate surface area is 143 Å². The number of ether oxygens (including phenoxy) is 1. The first-order valence-electron chi connectivity index (χ1n) is 8.05. The van der Waals surface area contributed by atoms with Crippen LogP contribution in [0, 0.1) is 13.8 Å². The minimum Gasteiger partial charge on any atom is -0.374 e. The summed E-state index contributed by atoms with van der Waals surface area (Å²) in [4.78, 5) is 0.241. The summed E-state index contributed by atoms with van der Waals surface area (Å²) < 4.78 is 57.3. The summed E-state index contributed by atoms with van der Waals surface area (Å²) in [6, 6.07) is 4.74. The average molecular weight is 373 g/mol. The van der Waals surface area contributed by atoms with Gasteiger partial charge in [-0.25, -0.2) is 21.6 Å².